The van der Waals surface area contributed by atoms with Crippen LogP contribution >= 0.6 is 15.9 Å². The molecule has 2 aromatic rings. The number of hydrogen-bond donors (Lipinski definition) is 1. The summed E-state index contributed by atoms with van der Waals surface area (Å²) in [6, 6.07) is 10.7. The van der Waals surface area contributed by atoms with Gasteiger partial charge in [0, 0.05) is 11.0 Å². The van der Waals surface area contributed by atoms with Crippen LogP contribution in [0, 0.1) is 11.6 Å². The molecule has 2 nitrogen and oxygen atoms in total. The molecule has 0 spiro atoms. The van der Waals surface area contributed by atoms with E-state index in [0.29, 0.717) is 13.2 Å². The Hall–Kier alpha value is -1.62. The summed E-state index contributed by atoms with van der Waals surface area (Å²) in [7, 11) is 0. The van der Waals surface area contributed by atoms with E-state index in [4.69, 9.17) is 4.74 Å². The molecule has 19 heavy (non-hydrogen) atoms. The molecule has 2 rings (SSSR count). The number of anilines is 1. The molecule has 0 saturated carbocycles. The summed E-state index contributed by atoms with van der Waals surface area (Å²) < 4.78 is 32.6. The molecule has 0 atom stereocenters. The summed E-state index contributed by atoms with van der Waals surface area (Å²) in [4.78, 5) is 0. The van der Waals surface area contributed by atoms with E-state index in [1.165, 1.54) is 0 Å². The fraction of sp³-hybridized carbons (Fsp3) is 0.143. The van der Waals surface area contributed by atoms with Crippen LogP contribution in [0.3, 0.4) is 0 Å². The SMILES string of the molecule is Fc1ccc(F)c(NCCOc2cccc(Br)c2)c1. The third kappa shape index (κ3) is 4.21. The second-order valence-electron chi connectivity index (χ2n) is 3.86. The van der Waals surface area contributed by atoms with Gasteiger partial charge in [0.2, 0.25) is 0 Å². The predicted molar refractivity (Wildman–Crippen MR) is 74.5 cm³/mol. The lowest BCUT2D eigenvalue weighted by molar-refractivity contribution is 0.332. The van der Waals surface area contributed by atoms with Gasteiger partial charge in [-0.15, -0.1) is 0 Å². The van der Waals surface area contributed by atoms with Crippen molar-refractivity contribution in [3.63, 3.8) is 0 Å². The molecule has 100 valence electrons. The van der Waals surface area contributed by atoms with Crippen molar-refractivity contribution in [3.05, 3.63) is 58.6 Å². The van der Waals surface area contributed by atoms with E-state index < -0.39 is 11.6 Å². The Balaban J connectivity index is 1.82. The normalized spacial score (nSPS) is 10.3. The maximum absolute atomic E-state index is 13.3. The topological polar surface area (TPSA) is 21.3 Å². The summed E-state index contributed by atoms with van der Waals surface area (Å²) in [6.07, 6.45) is 0. The van der Waals surface area contributed by atoms with Crippen molar-refractivity contribution in [2.45, 2.75) is 0 Å². The van der Waals surface area contributed by atoms with Crippen LogP contribution in [0.2, 0.25) is 0 Å². The molecule has 1 N–H and O–H groups in total. The molecule has 0 fully saturated rings. The summed E-state index contributed by atoms with van der Waals surface area (Å²) in [5.74, 6) is -0.239. The van der Waals surface area contributed by atoms with Gasteiger partial charge in [0.05, 0.1) is 5.69 Å². The molecule has 0 unspecified atom stereocenters. The van der Waals surface area contributed by atoms with Gasteiger partial charge in [0.15, 0.2) is 0 Å². The molecule has 0 saturated heterocycles. The molecular formula is C14H12BrF2NO. The summed E-state index contributed by atoms with van der Waals surface area (Å²) >= 11 is 3.34. The zero-order valence-corrected chi connectivity index (χ0v) is 11.6. The van der Waals surface area contributed by atoms with E-state index in [-0.39, 0.29) is 5.69 Å². The van der Waals surface area contributed by atoms with Crippen LogP contribution < -0.4 is 10.1 Å². The first kappa shape index (κ1) is 13.8. The molecule has 5 heteroatoms. The second kappa shape index (κ2) is 6.52. The fourth-order valence-electron chi connectivity index (χ4n) is 1.54. The number of benzene rings is 2. The monoisotopic (exact) mass is 327 g/mol. The lowest BCUT2D eigenvalue weighted by atomic mass is 10.3. The highest BCUT2D eigenvalue weighted by atomic mass is 79.9. The van der Waals surface area contributed by atoms with Crippen molar-refractivity contribution in [3.8, 4) is 5.75 Å². The van der Waals surface area contributed by atoms with Gasteiger partial charge < -0.3 is 10.1 Å². The molecule has 0 aliphatic carbocycles. The second-order valence-corrected chi connectivity index (χ2v) is 4.77. The zero-order valence-electron chi connectivity index (χ0n) is 10.00. The maximum Gasteiger partial charge on any atom is 0.146 e. The number of ether oxygens (including phenoxy) is 1. The Bertz CT molecular complexity index is 563. The highest BCUT2D eigenvalue weighted by Crippen LogP contribution is 2.18. The lowest BCUT2D eigenvalue weighted by Crippen LogP contribution is -2.12. The van der Waals surface area contributed by atoms with Crippen LogP contribution in [0.1, 0.15) is 0 Å². The van der Waals surface area contributed by atoms with E-state index in [1.807, 2.05) is 24.3 Å². The average molecular weight is 328 g/mol. The van der Waals surface area contributed by atoms with Crippen LogP contribution in [-0.2, 0) is 0 Å². The maximum atomic E-state index is 13.3. The number of rotatable bonds is 5. The van der Waals surface area contributed by atoms with Gasteiger partial charge >= 0.3 is 0 Å². The smallest absolute Gasteiger partial charge is 0.146 e. The minimum Gasteiger partial charge on any atom is -0.492 e. The van der Waals surface area contributed by atoms with E-state index in [0.717, 1.165) is 28.4 Å². The van der Waals surface area contributed by atoms with Gasteiger partial charge in [0.1, 0.15) is 24.0 Å². The first-order valence-electron chi connectivity index (χ1n) is 5.72. The Kier molecular flexibility index (Phi) is 4.74. The highest BCUT2D eigenvalue weighted by molar-refractivity contribution is 9.10. The molecule has 0 bridgehead atoms. The largest absolute Gasteiger partial charge is 0.492 e. The standard InChI is InChI=1S/C14H12BrF2NO/c15-10-2-1-3-12(8-10)19-7-6-18-14-9-11(16)4-5-13(14)17/h1-5,8-9,18H,6-7H2. The summed E-state index contributed by atoms with van der Waals surface area (Å²) in [5.41, 5.74) is 0.137. The summed E-state index contributed by atoms with van der Waals surface area (Å²) in [5, 5.41) is 2.79. The minimum absolute atomic E-state index is 0.137. The molecule has 2 aromatic carbocycles. The van der Waals surface area contributed by atoms with E-state index >= 15 is 0 Å². The molecular weight excluding hydrogens is 316 g/mol. The van der Waals surface area contributed by atoms with Crippen LogP contribution in [0.25, 0.3) is 0 Å². The Morgan fingerprint density at radius 1 is 1.11 bits per heavy atom. The van der Waals surface area contributed by atoms with Crippen LogP contribution in [0.5, 0.6) is 5.75 Å². The van der Waals surface area contributed by atoms with Crippen molar-refractivity contribution >= 4 is 21.6 Å². The molecule has 0 radical (unpaired) electrons. The molecule has 0 aliphatic rings. The molecule has 0 aromatic heterocycles. The van der Waals surface area contributed by atoms with Crippen molar-refractivity contribution in [2.75, 3.05) is 18.5 Å². The van der Waals surface area contributed by atoms with Gasteiger partial charge in [-0.25, -0.2) is 8.78 Å². The first-order chi connectivity index (χ1) is 9.15. The quantitative estimate of drug-likeness (QED) is 0.830. The van der Waals surface area contributed by atoms with Gasteiger partial charge in [-0.05, 0) is 36.4 Å². The van der Waals surface area contributed by atoms with Gasteiger partial charge in [-0.3, -0.25) is 0 Å². The number of halogens is 3. The Labute approximate surface area is 118 Å². The highest BCUT2D eigenvalue weighted by Gasteiger charge is 2.02. The third-order valence-corrected chi connectivity index (χ3v) is 2.90. The van der Waals surface area contributed by atoms with Crippen LogP contribution in [0.15, 0.2) is 46.9 Å². The zero-order chi connectivity index (χ0) is 13.7. The van der Waals surface area contributed by atoms with Crippen LogP contribution in [-0.4, -0.2) is 13.2 Å². The van der Waals surface area contributed by atoms with E-state index in [2.05, 4.69) is 21.2 Å². The molecule has 0 heterocycles. The molecule has 0 amide bonds. The Morgan fingerprint density at radius 2 is 1.95 bits per heavy atom. The van der Waals surface area contributed by atoms with Gasteiger partial charge in [-0.2, -0.15) is 0 Å². The minimum atomic E-state index is -0.483. The van der Waals surface area contributed by atoms with Gasteiger partial charge in [-0.1, -0.05) is 22.0 Å². The van der Waals surface area contributed by atoms with Gasteiger partial charge in [0.25, 0.3) is 0 Å². The Morgan fingerprint density at radius 3 is 2.74 bits per heavy atom. The van der Waals surface area contributed by atoms with Crippen molar-refractivity contribution in [1.82, 2.24) is 0 Å². The third-order valence-electron chi connectivity index (χ3n) is 2.41. The lowest BCUT2D eigenvalue weighted by Gasteiger charge is -2.09. The number of nitrogens with one attached hydrogen (secondary N) is 1. The fourth-order valence-corrected chi connectivity index (χ4v) is 1.92. The average Bonchev–Trinajstić information content (AvgIpc) is 2.39. The summed E-state index contributed by atoms with van der Waals surface area (Å²) in [6.45, 7) is 0.735. The van der Waals surface area contributed by atoms with Crippen LogP contribution in [0.4, 0.5) is 14.5 Å². The van der Waals surface area contributed by atoms with Crippen molar-refractivity contribution < 1.29 is 13.5 Å². The predicted octanol–water partition coefficient (Wildman–Crippen LogP) is 4.22. The number of hydrogen-bond acceptors (Lipinski definition) is 2. The van der Waals surface area contributed by atoms with Crippen molar-refractivity contribution in [2.24, 2.45) is 0 Å². The van der Waals surface area contributed by atoms with Crippen molar-refractivity contribution in [1.29, 1.82) is 0 Å². The van der Waals surface area contributed by atoms with E-state index in [1.54, 1.807) is 0 Å². The van der Waals surface area contributed by atoms with E-state index in [9.17, 15) is 8.78 Å². The molecule has 0 aliphatic heterocycles. The first-order valence-corrected chi connectivity index (χ1v) is 6.52.